The van der Waals surface area contributed by atoms with Gasteiger partial charge in [0.2, 0.25) is 0 Å². The Morgan fingerprint density at radius 1 is 1.11 bits per heavy atom. The minimum absolute atomic E-state index is 0.198. The SMILES string of the molecule is CSc1ccc(Cc2c3n(c4ccccc24)CC(C)(C)CC3)c(C(F)(F)F)c1. The lowest BCUT2D eigenvalue weighted by Crippen LogP contribution is -2.27. The number of benzene rings is 2. The number of rotatable bonds is 3. The predicted octanol–water partition coefficient (Wildman–Crippen LogP) is 6.95. The van der Waals surface area contributed by atoms with Crippen molar-refractivity contribution in [1.29, 1.82) is 0 Å². The molecule has 2 aromatic carbocycles. The number of aromatic nitrogens is 1. The van der Waals surface area contributed by atoms with Crippen LogP contribution in [0.25, 0.3) is 10.9 Å². The van der Waals surface area contributed by atoms with E-state index in [1.807, 2.05) is 18.2 Å². The molecule has 0 atom stereocenters. The van der Waals surface area contributed by atoms with Crippen LogP contribution in [0.15, 0.2) is 47.4 Å². The molecule has 0 radical (unpaired) electrons. The van der Waals surface area contributed by atoms with Crippen LogP contribution in [0, 0.1) is 5.41 Å². The van der Waals surface area contributed by atoms with Crippen LogP contribution in [-0.4, -0.2) is 10.8 Å². The van der Waals surface area contributed by atoms with Gasteiger partial charge < -0.3 is 4.57 Å². The number of halogens is 3. The number of thioether (sulfide) groups is 1. The molecule has 148 valence electrons. The maximum Gasteiger partial charge on any atom is 0.416 e. The van der Waals surface area contributed by atoms with Gasteiger partial charge in [-0.05, 0) is 53.8 Å². The molecule has 1 aliphatic heterocycles. The third-order valence-electron chi connectivity index (χ3n) is 5.81. The summed E-state index contributed by atoms with van der Waals surface area (Å²) in [5.74, 6) is 0. The van der Waals surface area contributed by atoms with E-state index in [0.717, 1.165) is 35.9 Å². The van der Waals surface area contributed by atoms with Crippen LogP contribution in [-0.2, 0) is 25.6 Å². The summed E-state index contributed by atoms with van der Waals surface area (Å²) in [5.41, 5.74) is 3.42. The molecule has 0 N–H and O–H groups in total. The van der Waals surface area contributed by atoms with Crippen LogP contribution in [0.1, 0.15) is 42.7 Å². The normalized spacial score (nSPS) is 16.4. The van der Waals surface area contributed by atoms with Gasteiger partial charge in [-0.15, -0.1) is 11.8 Å². The molecule has 1 aliphatic rings. The van der Waals surface area contributed by atoms with Gasteiger partial charge in [-0.2, -0.15) is 13.2 Å². The Labute approximate surface area is 167 Å². The number of nitrogens with zero attached hydrogens (tertiary/aromatic N) is 1. The van der Waals surface area contributed by atoms with Crippen LogP contribution < -0.4 is 0 Å². The maximum atomic E-state index is 13.7. The molecule has 28 heavy (non-hydrogen) atoms. The van der Waals surface area contributed by atoms with Crippen LogP contribution in [0.5, 0.6) is 0 Å². The maximum absolute atomic E-state index is 13.7. The molecule has 0 aliphatic carbocycles. The van der Waals surface area contributed by atoms with Crippen LogP contribution in [0.2, 0.25) is 0 Å². The van der Waals surface area contributed by atoms with Crippen LogP contribution in [0.3, 0.4) is 0 Å². The highest BCUT2D eigenvalue weighted by molar-refractivity contribution is 7.98. The van der Waals surface area contributed by atoms with E-state index in [4.69, 9.17) is 0 Å². The molecule has 1 aromatic heterocycles. The molecular formula is C23H24F3NS. The summed E-state index contributed by atoms with van der Waals surface area (Å²) < 4.78 is 43.5. The van der Waals surface area contributed by atoms with E-state index >= 15 is 0 Å². The van der Waals surface area contributed by atoms with Crippen molar-refractivity contribution in [1.82, 2.24) is 4.57 Å². The van der Waals surface area contributed by atoms with E-state index in [-0.39, 0.29) is 5.41 Å². The first-order valence-electron chi connectivity index (χ1n) is 9.53. The minimum Gasteiger partial charge on any atom is -0.344 e. The molecule has 2 heterocycles. The smallest absolute Gasteiger partial charge is 0.344 e. The first kappa shape index (κ1) is 19.4. The second-order valence-corrected chi connectivity index (χ2v) is 9.27. The van der Waals surface area contributed by atoms with E-state index in [1.54, 1.807) is 18.4 Å². The fraction of sp³-hybridized carbons (Fsp3) is 0.391. The van der Waals surface area contributed by atoms with Crippen molar-refractivity contribution in [3.8, 4) is 0 Å². The van der Waals surface area contributed by atoms with Gasteiger partial charge in [0.15, 0.2) is 0 Å². The first-order chi connectivity index (χ1) is 13.2. The lowest BCUT2D eigenvalue weighted by atomic mass is 9.83. The Bertz CT molecular complexity index is 1030. The van der Waals surface area contributed by atoms with Crippen molar-refractivity contribution in [3.63, 3.8) is 0 Å². The van der Waals surface area contributed by atoms with Crippen molar-refractivity contribution in [2.45, 2.75) is 50.7 Å². The molecule has 0 saturated heterocycles. The second kappa shape index (κ2) is 6.87. The van der Waals surface area contributed by atoms with Crippen molar-refractivity contribution >= 4 is 22.7 Å². The van der Waals surface area contributed by atoms with E-state index in [0.29, 0.717) is 16.9 Å². The highest BCUT2D eigenvalue weighted by Crippen LogP contribution is 2.40. The van der Waals surface area contributed by atoms with Crippen molar-refractivity contribution in [2.24, 2.45) is 5.41 Å². The van der Waals surface area contributed by atoms with E-state index in [9.17, 15) is 13.2 Å². The standard InChI is InChI=1S/C23H24F3NS/c1-22(2)11-10-21-18(17-6-4-5-7-20(17)27(21)14-22)12-15-8-9-16(28-3)13-19(15)23(24,25)26/h4-9,13H,10-12,14H2,1-3H3. The Kier molecular flexibility index (Phi) is 4.77. The Balaban J connectivity index is 1.86. The summed E-state index contributed by atoms with van der Waals surface area (Å²) >= 11 is 1.34. The van der Waals surface area contributed by atoms with E-state index in [1.165, 1.54) is 23.5 Å². The summed E-state index contributed by atoms with van der Waals surface area (Å²) in [6.07, 6.45) is -0.283. The fourth-order valence-electron chi connectivity index (χ4n) is 4.35. The van der Waals surface area contributed by atoms with E-state index < -0.39 is 11.7 Å². The Hall–Kier alpha value is -1.88. The summed E-state index contributed by atoms with van der Waals surface area (Å²) in [4.78, 5) is 0.640. The number of para-hydroxylation sites is 1. The van der Waals surface area contributed by atoms with Crippen LogP contribution in [0.4, 0.5) is 13.2 Å². The fourth-order valence-corrected chi connectivity index (χ4v) is 4.79. The number of hydrogen-bond donors (Lipinski definition) is 0. The number of fused-ring (bicyclic) bond motifs is 3. The van der Waals surface area contributed by atoms with Gasteiger partial charge in [-0.1, -0.05) is 38.1 Å². The molecular weight excluding hydrogens is 379 g/mol. The van der Waals surface area contributed by atoms with Gasteiger partial charge in [0.1, 0.15) is 0 Å². The van der Waals surface area contributed by atoms with Gasteiger partial charge in [-0.3, -0.25) is 0 Å². The number of alkyl halides is 3. The van der Waals surface area contributed by atoms with Gasteiger partial charge in [0.25, 0.3) is 0 Å². The zero-order valence-corrected chi connectivity index (χ0v) is 17.2. The first-order valence-corrected chi connectivity index (χ1v) is 10.8. The Morgan fingerprint density at radius 2 is 1.86 bits per heavy atom. The largest absolute Gasteiger partial charge is 0.416 e. The van der Waals surface area contributed by atoms with Gasteiger partial charge in [-0.25, -0.2) is 0 Å². The molecule has 0 amide bonds. The highest BCUT2D eigenvalue weighted by Gasteiger charge is 2.35. The zero-order valence-electron chi connectivity index (χ0n) is 16.4. The average molecular weight is 404 g/mol. The second-order valence-electron chi connectivity index (χ2n) is 8.39. The van der Waals surface area contributed by atoms with Gasteiger partial charge in [0, 0.05) is 34.5 Å². The van der Waals surface area contributed by atoms with Crippen LogP contribution >= 0.6 is 11.8 Å². The van der Waals surface area contributed by atoms with Crippen molar-refractivity contribution < 1.29 is 13.2 Å². The topological polar surface area (TPSA) is 4.93 Å². The van der Waals surface area contributed by atoms with Gasteiger partial charge in [0.05, 0.1) is 5.56 Å². The summed E-state index contributed by atoms with van der Waals surface area (Å²) in [7, 11) is 0. The molecule has 0 spiro atoms. The highest BCUT2D eigenvalue weighted by atomic mass is 32.2. The summed E-state index contributed by atoms with van der Waals surface area (Å²) in [5, 5.41) is 1.08. The third-order valence-corrected chi connectivity index (χ3v) is 6.53. The monoisotopic (exact) mass is 403 g/mol. The predicted molar refractivity (Wildman–Crippen MR) is 110 cm³/mol. The molecule has 5 heteroatoms. The molecule has 3 aromatic rings. The molecule has 4 rings (SSSR count). The molecule has 0 bridgehead atoms. The van der Waals surface area contributed by atoms with Gasteiger partial charge >= 0.3 is 6.18 Å². The minimum atomic E-state index is -4.35. The Morgan fingerprint density at radius 3 is 2.57 bits per heavy atom. The lowest BCUT2D eigenvalue weighted by Gasteiger charge is -2.32. The quantitative estimate of drug-likeness (QED) is 0.429. The summed E-state index contributed by atoms with van der Waals surface area (Å²) in [6.45, 7) is 5.42. The lowest BCUT2D eigenvalue weighted by molar-refractivity contribution is -0.138. The zero-order chi connectivity index (χ0) is 20.1. The summed E-state index contributed by atoms with van der Waals surface area (Å²) in [6, 6.07) is 12.9. The molecule has 0 unspecified atom stereocenters. The molecule has 1 nitrogen and oxygen atoms in total. The molecule has 0 fully saturated rings. The number of hydrogen-bond acceptors (Lipinski definition) is 1. The average Bonchev–Trinajstić information content (AvgIpc) is 2.93. The molecule has 0 saturated carbocycles. The third kappa shape index (κ3) is 3.45. The van der Waals surface area contributed by atoms with E-state index in [2.05, 4.69) is 24.5 Å². The van der Waals surface area contributed by atoms with Crippen molar-refractivity contribution in [3.05, 3.63) is 64.8 Å². The van der Waals surface area contributed by atoms with Crippen molar-refractivity contribution in [2.75, 3.05) is 6.26 Å².